The van der Waals surface area contributed by atoms with Crippen molar-refractivity contribution in [3.05, 3.63) is 23.2 Å². The highest BCUT2D eigenvalue weighted by Crippen LogP contribution is 2.30. The van der Waals surface area contributed by atoms with E-state index in [1.165, 1.54) is 19.3 Å². The molecular formula is C16H24ClN3O. The van der Waals surface area contributed by atoms with E-state index in [1.54, 1.807) is 0 Å². The zero-order valence-electron chi connectivity index (χ0n) is 12.8. The van der Waals surface area contributed by atoms with E-state index < -0.39 is 0 Å². The molecule has 1 aliphatic rings. The number of rotatable bonds is 4. The number of halogens is 1. The largest absolute Gasteiger partial charge is 0.370 e. The third-order valence-corrected chi connectivity index (χ3v) is 4.19. The first kappa shape index (κ1) is 16.0. The van der Waals surface area contributed by atoms with Crippen LogP contribution in [0.5, 0.6) is 0 Å². The van der Waals surface area contributed by atoms with Gasteiger partial charge in [0.2, 0.25) is 0 Å². The smallest absolute Gasteiger partial charge is 0.319 e. The molecule has 2 amide bonds. The summed E-state index contributed by atoms with van der Waals surface area (Å²) in [7, 11) is 0. The Balaban J connectivity index is 1.99. The molecule has 1 fully saturated rings. The first-order chi connectivity index (χ1) is 10.1. The molecular weight excluding hydrogens is 286 g/mol. The highest BCUT2D eigenvalue weighted by Gasteiger charge is 2.14. The number of piperidine rings is 1. The van der Waals surface area contributed by atoms with Gasteiger partial charge in [-0.15, -0.1) is 0 Å². The molecule has 4 nitrogen and oxygen atoms in total. The van der Waals surface area contributed by atoms with Crippen molar-refractivity contribution < 1.29 is 4.79 Å². The lowest BCUT2D eigenvalue weighted by Crippen LogP contribution is -2.35. The number of urea groups is 1. The minimum atomic E-state index is -0.189. The summed E-state index contributed by atoms with van der Waals surface area (Å²) in [6.45, 7) is 6.13. The second kappa shape index (κ2) is 7.55. The van der Waals surface area contributed by atoms with Crippen LogP contribution in [-0.2, 0) is 0 Å². The van der Waals surface area contributed by atoms with Crippen molar-refractivity contribution in [1.29, 1.82) is 0 Å². The molecule has 0 bridgehead atoms. The fourth-order valence-electron chi connectivity index (χ4n) is 2.47. The first-order valence-corrected chi connectivity index (χ1v) is 8.10. The maximum absolute atomic E-state index is 11.8. The van der Waals surface area contributed by atoms with Gasteiger partial charge >= 0.3 is 6.03 Å². The molecule has 0 saturated carbocycles. The van der Waals surface area contributed by atoms with Gasteiger partial charge in [0.05, 0.1) is 10.7 Å². The van der Waals surface area contributed by atoms with Crippen LogP contribution in [0.3, 0.4) is 0 Å². The minimum absolute atomic E-state index is 0.160. The molecule has 116 valence electrons. The molecule has 1 heterocycles. The Kier molecular flexibility index (Phi) is 5.74. The third-order valence-electron chi connectivity index (χ3n) is 3.89. The lowest BCUT2D eigenvalue weighted by Gasteiger charge is -2.29. The summed E-state index contributed by atoms with van der Waals surface area (Å²) in [6, 6.07) is 5.69. The Morgan fingerprint density at radius 3 is 2.67 bits per heavy atom. The van der Waals surface area contributed by atoms with Crippen LogP contribution in [-0.4, -0.2) is 25.2 Å². The Morgan fingerprint density at radius 1 is 1.33 bits per heavy atom. The fourth-order valence-corrected chi connectivity index (χ4v) is 2.77. The maximum atomic E-state index is 11.8. The molecule has 1 aliphatic heterocycles. The maximum Gasteiger partial charge on any atom is 0.319 e. The summed E-state index contributed by atoms with van der Waals surface area (Å²) in [6.07, 6.45) is 4.63. The Labute approximate surface area is 131 Å². The predicted molar refractivity (Wildman–Crippen MR) is 89.4 cm³/mol. The topological polar surface area (TPSA) is 44.4 Å². The summed E-state index contributed by atoms with van der Waals surface area (Å²) in [5.74, 6) is 0. The van der Waals surface area contributed by atoms with Crippen molar-refractivity contribution in [3.8, 4) is 0 Å². The van der Waals surface area contributed by atoms with Gasteiger partial charge in [-0.25, -0.2) is 4.79 Å². The lowest BCUT2D eigenvalue weighted by molar-refractivity contribution is 0.249. The number of benzene rings is 1. The molecule has 0 spiro atoms. The second-order valence-corrected chi connectivity index (χ2v) is 6.03. The number of hydrogen-bond donors (Lipinski definition) is 2. The van der Waals surface area contributed by atoms with Crippen LogP contribution in [0.15, 0.2) is 18.2 Å². The molecule has 0 radical (unpaired) electrons. The highest BCUT2D eigenvalue weighted by molar-refractivity contribution is 6.33. The van der Waals surface area contributed by atoms with Gasteiger partial charge in [-0.1, -0.05) is 18.5 Å². The molecule has 1 aromatic rings. The number of carbonyl (C=O) groups excluding carboxylic acids is 1. The number of anilines is 2. The van der Waals surface area contributed by atoms with Crippen molar-refractivity contribution in [2.24, 2.45) is 0 Å². The summed E-state index contributed by atoms with van der Waals surface area (Å²) in [4.78, 5) is 14.1. The summed E-state index contributed by atoms with van der Waals surface area (Å²) in [5.41, 5.74) is 1.78. The molecule has 21 heavy (non-hydrogen) atoms. The van der Waals surface area contributed by atoms with E-state index in [0.29, 0.717) is 5.02 Å². The number of hydrogen-bond acceptors (Lipinski definition) is 2. The summed E-state index contributed by atoms with van der Waals surface area (Å²) in [5, 5.41) is 6.39. The van der Waals surface area contributed by atoms with Crippen LogP contribution in [0, 0.1) is 0 Å². The SMILES string of the molecule is CC[C@@H](C)NC(=O)Nc1ccc(N2CCCCC2)c(Cl)c1. The van der Waals surface area contributed by atoms with Crippen LogP contribution in [0.2, 0.25) is 5.02 Å². The third kappa shape index (κ3) is 4.53. The first-order valence-electron chi connectivity index (χ1n) is 7.72. The fraction of sp³-hybridized carbons (Fsp3) is 0.562. The van der Waals surface area contributed by atoms with Gasteiger partial charge < -0.3 is 15.5 Å². The van der Waals surface area contributed by atoms with Crippen molar-refractivity contribution in [1.82, 2.24) is 5.32 Å². The van der Waals surface area contributed by atoms with Crippen LogP contribution in [0.25, 0.3) is 0 Å². The predicted octanol–water partition coefficient (Wildman–Crippen LogP) is 4.25. The zero-order chi connectivity index (χ0) is 15.2. The van der Waals surface area contributed by atoms with E-state index in [-0.39, 0.29) is 12.1 Å². The van der Waals surface area contributed by atoms with Gasteiger partial charge in [-0.2, -0.15) is 0 Å². The molecule has 0 unspecified atom stereocenters. The van der Waals surface area contributed by atoms with E-state index in [0.717, 1.165) is 30.9 Å². The molecule has 1 aromatic carbocycles. The Hall–Kier alpha value is -1.42. The van der Waals surface area contributed by atoms with E-state index >= 15 is 0 Å². The molecule has 0 aliphatic carbocycles. The van der Waals surface area contributed by atoms with Gasteiger partial charge in [0.1, 0.15) is 0 Å². The van der Waals surface area contributed by atoms with Gasteiger partial charge in [-0.3, -0.25) is 0 Å². The molecule has 5 heteroatoms. The van der Waals surface area contributed by atoms with Crippen molar-refractivity contribution >= 4 is 29.0 Å². The molecule has 2 rings (SSSR count). The van der Waals surface area contributed by atoms with Gasteiger partial charge in [-0.05, 0) is 50.8 Å². The summed E-state index contributed by atoms with van der Waals surface area (Å²) < 4.78 is 0. The van der Waals surface area contributed by atoms with Crippen LogP contribution >= 0.6 is 11.6 Å². The molecule has 1 saturated heterocycles. The quantitative estimate of drug-likeness (QED) is 0.873. The van der Waals surface area contributed by atoms with Crippen LogP contribution < -0.4 is 15.5 Å². The van der Waals surface area contributed by atoms with Crippen LogP contribution in [0.4, 0.5) is 16.2 Å². The van der Waals surface area contributed by atoms with Crippen LogP contribution in [0.1, 0.15) is 39.5 Å². The van der Waals surface area contributed by atoms with Crippen molar-refractivity contribution in [3.63, 3.8) is 0 Å². The average Bonchev–Trinajstić information content (AvgIpc) is 2.48. The standard InChI is InChI=1S/C16H24ClN3O/c1-3-12(2)18-16(21)19-13-7-8-15(14(17)11-13)20-9-5-4-6-10-20/h7-8,11-12H,3-6,9-10H2,1-2H3,(H2,18,19,21)/t12-/m1/s1. The molecule has 0 aromatic heterocycles. The average molecular weight is 310 g/mol. The summed E-state index contributed by atoms with van der Waals surface area (Å²) >= 11 is 6.37. The highest BCUT2D eigenvalue weighted by atomic mass is 35.5. The Morgan fingerprint density at radius 2 is 2.05 bits per heavy atom. The van der Waals surface area contributed by atoms with E-state index in [2.05, 4.69) is 15.5 Å². The number of amides is 2. The van der Waals surface area contributed by atoms with Gasteiger partial charge in [0, 0.05) is 24.8 Å². The number of carbonyl (C=O) groups is 1. The van der Waals surface area contributed by atoms with E-state index in [9.17, 15) is 4.79 Å². The van der Waals surface area contributed by atoms with Gasteiger partial charge in [0.15, 0.2) is 0 Å². The molecule has 2 N–H and O–H groups in total. The molecule has 1 atom stereocenters. The van der Waals surface area contributed by atoms with E-state index in [4.69, 9.17) is 11.6 Å². The van der Waals surface area contributed by atoms with Crippen molar-refractivity contribution in [2.75, 3.05) is 23.3 Å². The van der Waals surface area contributed by atoms with E-state index in [1.807, 2.05) is 32.0 Å². The monoisotopic (exact) mass is 309 g/mol. The minimum Gasteiger partial charge on any atom is -0.370 e. The second-order valence-electron chi connectivity index (χ2n) is 5.62. The number of nitrogens with one attached hydrogen (secondary N) is 2. The lowest BCUT2D eigenvalue weighted by atomic mass is 10.1. The van der Waals surface area contributed by atoms with Crippen molar-refractivity contribution in [2.45, 2.75) is 45.6 Å². The normalized spacial score (nSPS) is 16.4. The van der Waals surface area contributed by atoms with Gasteiger partial charge in [0.25, 0.3) is 0 Å². The zero-order valence-corrected chi connectivity index (χ0v) is 13.5. The Bertz CT molecular complexity index is 486. The number of nitrogens with zero attached hydrogens (tertiary/aromatic N) is 1.